The predicted octanol–water partition coefficient (Wildman–Crippen LogP) is -0.513. The van der Waals surface area contributed by atoms with Crippen LogP contribution >= 0.6 is 0 Å². The zero-order valence-corrected chi connectivity index (χ0v) is 8.14. The largest absolute Gasteiger partial charge is 0.468 e. The summed E-state index contributed by atoms with van der Waals surface area (Å²) in [6.07, 6.45) is 1.37. The Hall–Kier alpha value is -0.620. The highest BCUT2D eigenvalue weighted by Gasteiger charge is 2.20. The molecule has 6 heteroatoms. The predicted molar refractivity (Wildman–Crippen MR) is 44.1 cm³/mol. The van der Waals surface area contributed by atoms with Crippen LogP contribution in [0.25, 0.3) is 0 Å². The van der Waals surface area contributed by atoms with Crippen molar-refractivity contribution in [3.63, 3.8) is 0 Å². The lowest BCUT2D eigenvalue weighted by atomic mass is 10.2. The van der Waals surface area contributed by atoms with E-state index in [4.69, 9.17) is 0 Å². The number of esters is 1. The van der Waals surface area contributed by atoms with Crippen LogP contribution in [0.3, 0.4) is 0 Å². The molecule has 0 aromatic rings. The molecule has 0 radical (unpaired) electrons. The molecular weight excluding hydrogens is 182 g/mol. The van der Waals surface area contributed by atoms with Crippen molar-refractivity contribution in [3.8, 4) is 0 Å². The maximum Gasteiger partial charge on any atom is 0.323 e. The Morgan fingerprint density at radius 3 is 2.33 bits per heavy atom. The van der Waals surface area contributed by atoms with Gasteiger partial charge >= 0.3 is 5.97 Å². The van der Waals surface area contributed by atoms with E-state index < -0.39 is 22.0 Å². The van der Waals surface area contributed by atoms with Crippen molar-refractivity contribution in [1.82, 2.24) is 4.72 Å². The molecule has 0 spiro atoms. The molecule has 1 N–H and O–H groups in total. The summed E-state index contributed by atoms with van der Waals surface area (Å²) in [4.78, 5) is 10.9. The Kier molecular flexibility index (Phi) is 4.19. The Morgan fingerprint density at radius 2 is 2.08 bits per heavy atom. The zero-order valence-electron chi connectivity index (χ0n) is 7.33. The minimum Gasteiger partial charge on any atom is -0.468 e. The van der Waals surface area contributed by atoms with Gasteiger partial charge in [-0.15, -0.1) is 0 Å². The molecule has 1 unspecified atom stereocenters. The SMILES string of the molecule is CCC(NS(C)(=O)=O)C(=O)OC. The normalized spacial score (nSPS) is 13.9. The van der Waals surface area contributed by atoms with Gasteiger partial charge in [-0.1, -0.05) is 6.92 Å². The standard InChI is InChI=1S/C6H13NO4S/c1-4-5(6(8)11-2)7-12(3,9)10/h5,7H,4H2,1-3H3. The van der Waals surface area contributed by atoms with Crippen LogP contribution < -0.4 is 4.72 Å². The molecule has 0 saturated heterocycles. The third kappa shape index (κ3) is 4.30. The van der Waals surface area contributed by atoms with E-state index in [-0.39, 0.29) is 0 Å². The van der Waals surface area contributed by atoms with Gasteiger partial charge in [0.25, 0.3) is 0 Å². The topological polar surface area (TPSA) is 72.5 Å². The number of methoxy groups -OCH3 is 1. The molecule has 0 rings (SSSR count). The summed E-state index contributed by atoms with van der Waals surface area (Å²) in [5.41, 5.74) is 0. The van der Waals surface area contributed by atoms with Gasteiger partial charge in [0.05, 0.1) is 13.4 Å². The first-order valence-electron chi connectivity index (χ1n) is 3.45. The lowest BCUT2D eigenvalue weighted by Gasteiger charge is -2.11. The monoisotopic (exact) mass is 195 g/mol. The molecule has 72 valence electrons. The van der Waals surface area contributed by atoms with Gasteiger partial charge in [0.2, 0.25) is 10.0 Å². The molecule has 0 bridgehead atoms. The van der Waals surface area contributed by atoms with Crippen molar-refractivity contribution in [2.75, 3.05) is 13.4 Å². The van der Waals surface area contributed by atoms with Crippen LogP contribution in [-0.2, 0) is 19.6 Å². The lowest BCUT2D eigenvalue weighted by molar-refractivity contribution is -0.142. The van der Waals surface area contributed by atoms with Crippen molar-refractivity contribution in [2.24, 2.45) is 0 Å². The average molecular weight is 195 g/mol. The first-order chi connectivity index (χ1) is 5.40. The Morgan fingerprint density at radius 1 is 1.58 bits per heavy atom. The van der Waals surface area contributed by atoms with Crippen LogP contribution in [0, 0.1) is 0 Å². The summed E-state index contributed by atoms with van der Waals surface area (Å²) in [5.74, 6) is -0.567. The fourth-order valence-electron chi connectivity index (χ4n) is 0.699. The molecule has 12 heavy (non-hydrogen) atoms. The van der Waals surface area contributed by atoms with E-state index in [1.165, 1.54) is 7.11 Å². The lowest BCUT2D eigenvalue weighted by Crippen LogP contribution is -2.40. The number of carbonyl (C=O) groups is 1. The highest BCUT2D eigenvalue weighted by molar-refractivity contribution is 7.88. The highest BCUT2D eigenvalue weighted by atomic mass is 32.2. The second kappa shape index (κ2) is 4.42. The summed E-state index contributed by atoms with van der Waals surface area (Å²) in [7, 11) is -2.12. The first-order valence-corrected chi connectivity index (χ1v) is 5.35. The fraction of sp³-hybridized carbons (Fsp3) is 0.833. The molecule has 0 aromatic carbocycles. The van der Waals surface area contributed by atoms with Crippen LogP contribution in [-0.4, -0.2) is 33.8 Å². The molecule has 0 heterocycles. The number of ether oxygens (including phenoxy) is 1. The maximum atomic E-state index is 10.9. The molecule has 0 amide bonds. The molecule has 1 atom stereocenters. The summed E-state index contributed by atoms with van der Waals surface area (Å²) < 4.78 is 27.9. The molecule has 0 aliphatic heterocycles. The van der Waals surface area contributed by atoms with E-state index in [0.717, 1.165) is 6.26 Å². The molecular formula is C6H13NO4S. The summed E-state index contributed by atoms with van der Waals surface area (Å²) in [6, 6.07) is -0.773. The van der Waals surface area contributed by atoms with Gasteiger partial charge in [-0.05, 0) is 6.42 Å². The Labute approximate surface area is 72.1 Å². The van der Waals surface area contributed by atoms with Crippen LogP contribution in [0.4, 0.5) is 0 Å². The Balaban J connectivity index is 4.29. The van der Waals surface area contributed by atoms with E-state index in [1.54, 1.807) is 6.92 Å². The molecule has 0 aromatic heterocycles. The Bertz CT molecular complexity index is 246. The van der Waals surface area contributed by atoms with Crippen LogP contribution in [0.15, 0.2) is 0 Å². The second-order valence-corrected chi connectivity index (χ2v) is 4.15. The van der Waals surface area contributed by atoms with Gasteiger partial charge in [0.1, 0.15) is 6.04 Å². The van der Waals surface area contributed by atoms with Crippen molar-refractivity contribution < 1.29 is 17.9 Å². The molecule has 5 nitrogen and oxygen atoms in total. The quantitative estimate of drug-likeness (QED) is 0.613. The van der Waals surface area contributed by atoms with Gasteiger partial charge in [-0.25, -0.2) is 13.1 Å². The molecule has 0 aliphatic rings. The molecule has 0 saturated carbocycles. The smallest absolute Gasteiger partial charge is 0.323 e. The highest BCUT2D eigenvalue weighted by Crippen LogP contribution is 1.95. The van der Waals surface area contributed by atoms with Crippen molar-refractivity contribution >= 4 is 16.0 Å². The van der Waals surface area contributed by atoms with Gasteiger partial charge in [0, 0.05) is 0 Å². The number of carbonyl (C=O) groups excluding carboxylic acids is 1. The van der Waals surface area contributed by atoms with Gasteiger partial charge < -0.3 is 4.74 Å². The third-order valence-electron chi connectivity index (χ3n) is 1.25. The van der Waals surface area contributed by atoms with Crippen molar-refractivity contribution in [2.45, 2.75) is 19.4 Å². The summed E-state index contributed by atoms with van der Waals surface area (Å²) in [5, 5.41) is 0. The van der Waals surface area contributed by atoms with Gasteiger partial charge in [0.15, 0.2) is 0 Å². The first kappa shape index (κ1) is 11.4. The number of sulfonamides is 1. The summed E-state index contributed by atoms with van der Waals surface area (Å²) >= 11 is 0. The van der Waals surface area contributed by atoms with Crippen molar-refractivity contribution in [3.05, 3.63) is 0 Å². The molecule has 0 fully saturated rings. The number of hydrogen-bond acceptors (Lipinski definition) is 4. The van der Waals surface area contributed by atoms with Crippen molar-refractivity contribution in [1.29, 1.82) is 0 Å². The fourth-order valence-corrected chi connectivity index (χ4v) is 1.48. The minimum atomic E-state index is -3.34. The maximum absolute atomic E-state index is 10.9. The summed E-state index contributed by atoms with van der Waals surface area (Å²) in [6.45, 7) is 1.69. The number of nitrogens with one attached hydrogen (secondary N) is 1. The van der Waals surface area contributed by atoms with E-state index in [1.807, 2.05) is 0 Å². The van der Waals surface area contributed by atoms with E-state index >= 15 is 0 Å². The van der Waals surface area contributed by atoms with Crippen LogP contribution in [0.5, 0.6) is 0 Å². The average Bonchev–Trinajstić information content (AvgIpc) is 1.97. The number of hydrogen-bond donors (Lipinski definition) is 1. The van der Waals surface area contributed by atoms with Crippen LogP contribution in [0.1, 0.15) is 13.3 Å². The minimum absolute atomic E-state index is 0.375. The second-order valence-electron chi connectivity index (χ2n) is 2.37. The van der Waals surface area contributed by atoms with E-state index in [0.29, 0.717) is 6.42 Å². The third-order valence-corrected chi connectivity index (χ3v) is 1.96. The number of rotatable bonds is 4. The van der Waals surface area contributed by atoms with E-state index in [2.05, 4.69) is 9.46 Å². The molecule has 0 aliphatic carbocycles. The van der Waals surface area contributed by atoms with Gasteiger partial charge in [-0.3, -0.25) is 4.79 Å². The van der Waals surface area contributed by atoms with Gasteiger partial charge in [-0.2, -0.15) is 0 Å². The van der Waals surface area contributed by atoms with E-state index in [9.17, 15) is 13.2 Å². The zero-order chi connectivity index (χ0) is 9.78. The van der Waals surface area contributed by atoms with Crippen LogP contribution in [0.2, 0.25) is 0 Å².